The third-order valence-corrected chi connectivity index (χ3v) is 4.27. The highest BCUT2D eigenvalue weighted by atomic mass is 35.5. The maximum Gasteiger partial charge on any atom is 0.0840 e. The van der Waals surface area contributed by atoms with E-state index in [2.05, 4.69) is 64.1 Å². The second kappa shape index (κ2) is 6.45. The first-order valence-electron chi connectivity index (χ1n) is 7.33. The fourth-order valence-electron chi connectivity index (χ4n) is 2.90. The van der Waals surface area contributed by atoms with E-state index >= 15 is 0 Å². The van der Waals surface area contributed by atoms with E-state index in [9.17, 15) is 0 Å². The fraction of sp³-hybridized carbons (Fsp3) is 0.368. The Hall–Kier alpha value is -1.27. The molecule has 0 saturated carbocycles. The van der Waals surface area contributed by atoms with Crippen molar-refractivity contribution in [2.24, 2.45) is 0 Å². The summed E-state index contributed by atoms with van der Waals surface area (Å²) >= 11 is 6.72. The summed E-state index contributed by atoms with van der Waals surface area (Å²) in [7, 11) is 0. The van der Waals surface area contributed by atoms with E-state index in [0.29, 0.717) is 0 Å². The van der Waals surface area contributed by atoms with Gasteiger partial charge in [0.1, 0.15) is 0 Å². The van der Waals surface area contributed by atoms with E-state index in [1.165, 1.54) is 39.8 Å². The Labute approximate surface area is 127 Å². The molecule has 0 saturated heterocycles. The summed E-state index contributed by atoms with van der Waals surface area (Å²) in [6.07, 6.45) is 2.32. The molecule has 0 amide bonds. The maximum absolute atomic E-state index is 6.72. The van der Waals surface area contributed by atoms with Crippen LogP contribution in [0.3, 0.4) is 0 Å². The van der Waals surface area contributed by atoms with Gasteiger partial charge in [0.05, 0.1) is 5.38 Å². The standard InChI is InChI=1S/C19H23Cl/c1-5-6-16-7-9-17(10-8-16)19(20)18-14(3)11-13(2)12-15(18)4/h7-12,19H,5-6H2,1-4H3. The molecule has 1 atom stereocenters. The summed E-state index contributed by atoms with van der Waals surface area (Å²) in [6, 6.07) is 13.2. The zero-order valence-electron chi connectivity index (χ0n) is 12.8. The predicted octanol–water partition coefficient (Wildman–Crippen LogP) is 5.89. The van der Waals surface area contributed by atoms with Crippen molar-refractivity contribution in [1.82, 2.24) is 0 Å². The number of halogens is 1. The lowest BCUT2D eigenvalue weighted by Gasteiger charge is -2.17. The Morgan fingerprint density at radius 1 is 0.950 bits per heavy atom. The second-order valence-corrected chi connectivity index (χ2v) is 6.10. The van der Waals surface area contributed by atoms with E-state index in [1.807, 2.05) is 0 Å². The molecule has 0 fully saturated rings. The van der Waals surface area contributed by atoms with Crippen molar-refractivity contribution in [3.05, 3.63) is 69.8 Å². The summed E-state index contributed by atoms with van der Waals surface area (Å²) in [5, 5.41) is -0.0636. The van der Waals surface area contributed by atoms with Gasteiger partial charge in [0, 0.05) is 0 Å². The molecule has 0 N–H and O–H groups in total. The van der Waals surface area contributed by atoms with E-state index in [0.717, 1.165) is 6.42 Å². The van der Waals surface area contributed by atoms with Crippen molar-refractivity contribution in [2.45, 2.75) is 45.9 Å². The molecule has 0 nitrogen and oxygen atoms in total. The van der Waals surface area contributed by atoms with Gasteiger partial charge in [-0.1, -0.05) is 55.3 Å². The Balaban J connectivity index is 2.33. The van der Waals surface area contributed by atoms with Crippen molar-refractivity contribution in [3.8, 4) is 0 Å². The van der Waals surface area contributed by atoms with Gasteiger partial charge in [-0.05, 0) is 55.0 Å². The molecule has 20 heavy (non-hydrogen) atoms. The molecule has 1 heteroatoms. The van der Waals surface area contributed by atoms with Crippen LogP contribution in [0.1, 0.15) is 52.1 Å². The average Bonchev–Trinajstić information content (AvgIpc) is 2.38. The Morgan fingerprint density at radius 2 is 1.50 bits per heavy atom. The van der Waals surface area contributed by atoms with Gasteiger partial charge >= 0.3 is 0 Å². The van der Waals surface area contributed by atoms with Crippen LogP contribution in [0.2, 0.25) is 0 Å². The summed E-state index contributed by atoms with van der Waals surface area (Å²) in [4.78, 5) is 0. The zero-order valence-corrected chi connectivity index (χ0v) is 13.6. The first-order valence-corrected chi connectivity index (χ1v) is 7.77. The van der Waals surface area contributed by atoms with Crippen LogP contribution in [0.25, 0.3) is 0 Å². The maximum atomic E-state index is 6.72. The Kier molecular flexibility index (Phi) is 4.88. The highest BCUT2D eigenvalue weighted by Crippen LogP contribution is 2.34. The van der Waals surface area contributed by atoms with Gasteiger partial charge < -0.3 is 0 Å². The number of hydrogen-bond acceptors (Lipinski definition) is 0. The van der Waals surface area contributed by atoms with Crippen LogP contribution in [0.15, 0.2) is 36.4 Å². The van der Waals surface area contributed by atoms with Crippen LogP contribution in [0, 0.1) is 20.8 Å². The van der Waals surface area contributed by atoms with Crippen LogP contribution in [0.4, 0.5) is 0 Å². The van der Waals surface area contributed by atoms with Crippen molar-refractivity contribution in [1.29, 1.82) is 0 Å². The lowest BCUT2D eigenvalue weighted by molar-refractivity contribution is 0.919. The first kappa shape index (κ1) is 15.1. The Bertz CT molecular complexity index is 558. The van der Waals surface area contributed by atoms with Gasteiger partial charge in [0.15, 0.2) is 0 Å². The van der Waals surface area contributed by atoms with Crippen LogP contribution < -0.4 is 0 Å². The van der Waals surface area contributed by atoms with E-state index in [-0.39, 0.29) is 5.38 Å². The molecular formula is C19H23Cl. The Morgan fingerprint density at radius 3 is 2.00 bits per heavy atom. The molecule has 2 rings (SSSR count). The zero-order chi connectivity index (χ0) is 14.7. The van der Waals surface area contributed by atoms with Gasteiger partial charge in [-0.15, -0.1) is 11.6 Å². The molecule has 0 aliphatic heterocycles. The smallest absolute Gasteiger partial charge is 0.0840 e. The molecule has 0 aliphatic carbocycles. The van der Waals surface area contributed by atoms with Gasteiger partial charge in [0.2, 0.25) is 0 Å². The quantitative estimate of drug-likeness (QED) is 0.615. The fourth-order valence-corrected chi connectivity index (χ4v) is 3.39. The van der Waals surface area contributed by atoms with Gasteiger partial charge in [-0.25, -0.2) is 0 Å². The molecule has 0 aromatic heterocycles. The third-order valence-electron chi connectivity index (χ3n) is 3.80. The number of alkyl halides is 1. The number of aryl methyl sites for hydroxylation is 4. The molecule has 0 aliphatic rings. The first-order chi connectivity index (χ1) is 9.52. The second-order valence-electron chi connectivity index (χ2n) is 5.67. The molecule has 0 heterocycles. The summed E-state index contributed by atoms with van der Waals surface area (Å²) in [5.41, 5.74) is 7.67. The highest BCUT2D eigenvalue weighted by molar-refractivity contribution is 6.22. The van der Waals surface area contributed by atoms with E-state index in [4.69, 9.17) is 11.6 Å². The van der Waals surface area contributed by atoms with Crippen LogP contribution in [0.5, 0.6) is 0 Å². The molecular weight excluding hydrogens is 264 g/mol. The number of benzene rings is 2. The van der Waals surface area contributed by atoms with Crippen molar-refractivity contribution in [2.75, 3.05) is 0 Å². The van der Waals surface area contributed by atoms with Crippen molar-refractivity contribution in [3.63, 3.8) is 0 Å². The summed E-state index contributed by atoms with van der Waals surface area (Å²) in [5.74, 6) is 0. The number of hydrogen-bond donors (Lipinski definition) is 0. The SMILES string of the molecule is CCCc1ccc(C(Cl)c2c(C)cc(C)cc2C)cc1. The lowest BCUT2D eigenvalue weighted by atomic mass is 9.93. The van der Waals surface area contributed by atoms with E-state index in [1.54, 1.807) is 0 Å². The summed E-state index contributed by atoms with van der Waals surface area (Å²) < 4.78 is 0. The molecule has 0 bridgehead atoms. The lowest BCUT2D eigenvalue weighted by Crippen LogP contribution is -2.00. The van der Waals surface area contributed by atoms with Crippen LogP contribution >= 0.6 is 11.6 Å². The number of rotatable bonds is 4. The average molecular weight is 287 g/mol. The third kappa shape index (κ3) is 3.24. The van der Waals surface area contributed by atoms with Gasteiger partial charge in [-0.3, -0.25) is 0 Å². The van der Waals surface area contributed by atoms with Crippen LogP contribution in [-0.4, -0.2) is 0 Å². The molecule has 1 unspecified atom stereocenters. The monoisotopic (exact) mass is 286 g/mol. The summed E-state index contributed by atoms with van der Waals surface area (Å²) in [6.45, 7) is 8.64. The predicted molar refractivity (Wildman–Crippen MR) is 88.8 cm³/mol. The molecule has 0 spiro atoms. The topological polar surface area (TPSA) is 0 Å². The minimum Gasteiger partial charge on any atom is -0.113 e. The van der Waals surface area contributed by atoms with Crippen molar-refractivity contribution < 1.29 is 0 Å². The normalized spacial score (nSPS) is 12.4. The van der Waals surface area contributed by atoms with Gasteiger partial charge in [0.25, 0.3) is 0 Å². The molecule has 2 aromatic rings. The highest BCUT2D eigenvalue weighted by Gasteiger charge is 2.16. The largest absolute Gasteiger partial charge is 0.113 e. The minimum absolute atomic E-state index is 0.0636. The van der Waals surface area contributed by atoms with Gasteiger partial charge in [-0.2, -0.15) is 0 Å². The molecule has 0 radical (unpaired) electrons. The molecule has 2 aromatic carbocycles. The molecule has 106 valence electrons. The van der Waals surface area contributed by atoms with E-state index < -0.39 is 0 Å². The minimum atomic E-state index is -0.0636. The van der Waals surface area contributed by atoms with Crippen LogP contribution in [-0.2, 0) is 6.42 Å². The van der Waals surface area contributed by atoms with Crippen molar-refractivity contribution >= 4 is 11.6 Å².